The predicted molar refractivity (Wildman–Crippen MR) is 90.7 cm³/mol. The molecule has 25 heavy (non-hydrogen) atoms. The van der Waals surface area contributed by atoms with Crippen molar-refractivity contribution in [2.75, 3.05) is 20.8 Å². The average molecular weight is 368 g/mol. The summed E-state index contributed by atoms with van der Waals surface area (Å²) in [5, 5.41) is 2.56. The Hall–Kier alpha value is -2.52. The van der Waals surface area contributed by atoms with Crippen LogP contribution in [0.15, 0.2) is 41.0 Å². The molecule has 1 aromatic heterocycles. The average Bonchev–Trinajstić information content (AvgIpc) is 3.11. The molecule has 0 aliphatic rings. The third-order valence-corrected chi connectivity index (χ3v) is 4.60. The monoisotopic (exact) mass is 368 g/mol. The van der Waals surface area contributed by atoms with Crippen molar-refractivity contribution >= 4 is 15.9 Å². The predicted octanol–water partition coefficient (Wildman–Crippen LogP) is 1.03. The first-order valence-electron chi connectivity index (χ1n) is 7.41. The van der Waals surface area contributed by atoms with Gasteiger partial charge < -0.3 is 19.2 Å². The van der Waals surface area contributed by atoms with Crippen LogP contribution < -0.4 is 19.5 Å². The van der Waals surface area contributed by atoms with Gasteiger partial charge in [-0.25, -0.2) is 13.1 Å². The summed E-state index contributed by atoms with van der Waals surface area (Å²) in [6, 6.07) is 8.28. The van der Waals surface area contributed by atoms with Gasteiger partial charge in [0, 0.05) is 5.56 Å². The number of carbonyl (C=O) groups excluding carboxylic acids is 1. The first-order valence-corrected chi connectivity index (χ1v) is 9.06. The van der Waals surface area contributed by atoms with Crippen LogP contribution in [0.25, 0.3) is 0 Å². The topological polar surface area (TPSA) is 107 Å². The van der Waals surface area contributed by atoms with Gasteiger partial charge in [0.2, 0.25) is 15.9 Å². The minimum Gasteiger partial charge on any atom is -0.497 e. The number of amides is 1. The number of carbonyl (C=O) groups is 1. The summed E-state index contributed by atoms with van der Waals surface area (Å²) in [6.45, 7) is -0.174. The van der Waals surface area contributed by atoms with Crippen molar-refractivity contribution in [2.24, 2.45) is 0 Å². The molecule has 1 amide bonds. The third kappa shape index (κ3) is 5.80. The number of ether oxygens (including phenoxy) is 2. The molecule has 2 rings (SSSR count). The Bertz CT molecular complexity index is 802. The van der Waals surface area contributed by atoms with Gasteiger partial charge in [-0.3, -0.25) is 4.79 Å². The van der Waals surface area contributed by atoms with Crippen molar-refractivity contribution in [3.63, 3.8) is 0 Å². The summed E-state index contributed by atoms with van der Waals surface area (Å²) in [6.07, 6.45) is 1.49. The highest BCUT2D eigenvalue weighted by Crippen LogP contribution is 2.25. The second-order valence-electron chi connectivity index (χ2n) is 5.11. The molecule has 0 unspecified atom stereocenters. The number of hydrogen-bond donors (Lipinski definition) is 2. The minimum atomic E-state index is -3.73. The largest absolute Gasteiger partial charge is 0.497 e. The number of nitrogens with one attached hydrogen (secondary N) is 2. The summed E-state index contributed by atoms with van der Waals surface area (Å²) < 4.78 is 42.0. The zero-order valence-corrected chi connectivity index (χ0v) is 14.8. The van der Waals surface area contributed by atoms with Gasteiger partial charge in [-0.1, -0.05) is 0 Å². The van der Waals surface area contributed by atoms with E-state index in [1.54, 1.807) is 30.3 Å². The normalized spacial score (nSPS) is 11.1. The smallest absolute Gasteiger partial charge is 0.235 e. The molecule has 1 heterocycles. The molecule has 0 spiro atoms. The number of sulfonamides is 1. The van der Waals surface area contributed by atoms with Crippen LogP contribution in [-0.4, -0.2) is 35.1 Å². The fourth-order valence-corrected chi connectivity index (χ4v) is 3.18. The molecule has 0 atom stereocenters. The number of methoxy groups -OCH3 is 2. The molecule has 0 saturated carbocycles. The van der Waals surface area contributed by atoms with Crippen LogP contribution in [0.2, 0.25) is 0 Å². The van der Waals surface area contributed by atoms with E-state index in [9.17, 15) is 13.2 Å². The maximum Gasteiger partial charge on any atom is 0.235 e. The first kappa shape index (κ1) is 18.8. The van der Waals surface area contributed by atoms with Gasteiger partial charge in [-0.05, 0) is 30.3 Å². The highest BCUT2D eigenvalue weighted by molar-refractivity contribution is 7.88. The molecule has 0 fully saturated rings. The van der Waals surface area contributed by atoms with E-state index in [0.29, 0.717) is 22.8 Å². The molecule has 136 valence electrons. The van der Waals surface area contributed by atoms with Crippen LogP contribution in [0, 0.1) is 0 Å². The lowest BCUT2D eigenvalue weighted by molar-refractivity contribution is -0.120. The second kappa shape index (κ2) is 8.54. The van der Waals surface area contributed by atoms with Crippen LogP contribution in [0.3, 0.4) is 0 Å². The number of benzene rings is 1. The molecular weight excluding hydrogens is 348 g/mol. The van der Waals surface area contributed by atoms with Gasteiger partial charge >= 0.3 is 0 Å². The Morgan fingerprint density at radius 1 is 1.20 bits per heavy atom. The van der Waals surface area contributed by atoms with Crippen LogP contribution in [0.1, 0.15) is 11.3 Å². The van der Waals surface area contributed by atoms with Gasteiger partial charge in [0.25, 0.3) is 0 Å². The van der Waals surface area contributed by atoms with E-state index in [2.05, 4.69) is 10.0 Å². The summed E-state index contributed by atoms with van der Waals surface area (Å²) in [5.41, 5.74) is 0.436. The van der Waals surface area contributed by atoms with Gasteiger partial charge in [0.1, 0.15) is 17.3 Å². The molecule has 8 nitrogen and oxygen atoms in total. The summed E-state index contributed by atoms with van der Waals surface area (Å²) >= 11 is 0. The van der Waals surface area contributed by atoms with E-state index in [1.165, 1.54) is 20.5 Å². The highest BCUT2D eigenvalue weighted by atomic mass is 32.2. The van der Waals surface area contributed by atoms with E-state index in [4.69, 9.17) is 13.9 Å². The van der Waals surface area contributed by atoms with Crippen molar-refractivity contribution in [2.45, 2.75) is 12.3 Å². The molecule has 0 saturated heterocycles. The Balaban J connectivity index is 1.92. The van der Waals surface area contributed by atoms with E-state index in [-0.39, 0.29) is 18.8 Å². The Morgan fingerprint density at radius 3 is 2.64 bits per heavy atom. The zero-order valence-electron chi connectivity index (χ0n) is 13.9. The molecule has 1 aromatic carbocycles. The standard InChI is InChI=1S/C16H20N2O6S/c1-22-13-5-6-15(23-2)12(8-13)11-25(20,21)18-10-16(19)17-9-14-4-3-7-24-14/h3-8,18H,9-11H2,1-2H3,(H,17,19). The lowest BCUT2D eigenvalue weighted by Crippen LogP contribution is -2.37. The van der Waals surface area contributed by atoms with Gasteiger partial charge in [-0.2, -0.15) is 0 Å². The Labute approximate surface area is 146 Å². The molecular formula is C16H20N2O6S. The van der Waals surface area contributed by atoms with Crippen LogP contribution >= 0.6 is 0 Å². The van der Waals surface area contributed by atoms with Crippen LogP contribution in [-0.2, 0) is 27.1 Å². The Kier molecular flexibility index (Phi) is 6.43. The van der Waals surface area contributed by atoms with E-state index in [1.807, 2.05) is 0 Å². The van der Waals surface area contributed by atoms with Gasteiger partial charge in [0.15, 0.2) is 0 Å². The molecule has 0 aliphatic carbocycles. The molecule has 2 aromatic rings. The van der Waals surface area contributed by atoms with Crippen molar-refractivity contribution in [3.05, 3.63) is 47.9 Å². The van der Waals surface area contributed by atoms with Gasteiger partial charge in [0.05, 0.1) is 39.3 Å². The van der Waals surface area contributed by atoms with E-state index < -0.39 is 15.9 Å². The summed E-state index contributed by atoms with van der Waals surface area (Å²) in [5.74, 6) is 0.726. The second-order valence-corrected chi connectivity index (χ2v) is 6.92. The number of furan rings is 1. The zero-order chi connectivity index (χ0) is 18.3. The van der Waals surface area contributed by atoms with E-state index >= 15 is 0 Å². The highest BCUT2D eigenvalue weighted by Gasteiger charge is 2.17. The fourth-order valence-electron chi connectivity index (χ4n) is 2.09. The summed E-state index contributed by atoms with van der Waals surface area (Å²) in [4.78, 5) is 11.7. The maximum atomic E-state index is 12.2. The number of hydrogen-bond acceptors (Lipinski definition) is 6. The van der Waals surface area contributed by atoms with E-state index in [0.717, 1.165) is 0 Å². The molecule has 0 aliphatic heterocycles. The van der Waals surface area contributed by atoms with Crippen molar-refractivity contribution < 1.29 is 27.1 Å². The minimum absolute atomic E-state index is 0.192. The lowest BCUT2D eigenvalue weighted by Gasteiger charge is -2.11. The SMILES string of the molecule is COc1ccc(OC)c(CS(=O)(=O)NCC(=O)NCc2ccco2)c1. The molecule has 0 radical (unpaired) electrons. The fraction of sp³-hybridized carbons (Fsp3) is 0.312. The Morgan fingerprint density at radius 2 is 2.00 bits per heavy atom. The third-order valence-electron chi connectivity index (χ3n) is 3.33. The summed E-state index contributed by atoms with van der Waals surface area (Å²) in [7, 11) is -0.790. The van der Waals surface area contributed by atoms with Crippen molar-refractivity contribution in [1.82, 2.24) is 10.0 Å². The van der Waals surface area contributed by atoms with Gasteiger partial charge in [-0.15, -0.1) is 0 Å². The quantitative estimate of drug-likeness (QED) is 0.685. The maximum absolute atomic E-state index is 12.2. The molecule has 9 heteroatoms. The van der Waals surface area contributed by atoms with Crippen molar-refractivity contribution in [1.29, 1.82) is 0 Å². The number of rotatable bonds is 9. The molecule has 0 bridgehead atoms. The lowest BCUT2D eigenvalue weighted by atomic mass is 10.2. The first-order chi connectivity index (χ1) is 11.9. The van der Waals surface area contributed by atoms with Crippen molar-refractivity contribution in [3.8, 4) is 11.5 Å². The van der Waals surface area contributed by atoms with Crippen LogP contribution in [0.4, 0.5) is 0 Å². The van der Waals surface area contributed by atoms with Crippen LogP contribution in [0.5, 0.6) is 11.5 Å². The molecule has 2 N–H and O–H groups in total.